The highest BCUT2D eigenvalue weighted by molar-refractivity contribution is 8.00. The third kappa shape index (κ3) is 7.56. The van der Waals surface area contributed by atoms with Gasteiger partial charge in [-0.2, -0.15) is 0 Å². The number of hydrogen-bond acceptors (Lipinski definition) is 4. The smallest absolute Gasteiger partial charge is 0.256 e. The van der Waals surface area contributed by atoms with Crippen molar-refractivity contribution in [1.29, 1.82) is 0 Å². The molecule has 22 heavy (non-hydrogen) atoms. The molecule has 0 fully saturated rings. The minimum absolute atomic E-state index is 0.226. The second-order valence-electron chi connectivity index (χ2n) is 5.31. The molecule has 3 nitrogen and oxygen atoms in total. The fourth-order valence-electron chi connectivity index (χ4n) is 2.24. The Morgan fingerprint density at radius 2 is 1.68 bits per heavy atom. The Kier molecular flexibility index (Phi) is 10.5. The molecule has 0 aliphatic heterocycles. The van der Waals surface area contributed by atoms with Crippen molar-refractivity contribution in [2.24, 2.45) is 0 Å². The summed E-state index contributed by atoms with van der Waals surface area (Å²) < 4.78 is 0. The van der Waals surface area contributed by atoms with E-state index in [4.69, 9.17) is 5.21 Å². The van der Waals surface area contributed by atoms with Crippen LogP contribution in [0.5, 0.6) is 0 Å². The number of unbranched alkanes of at least 4 members (excludes halogenated alkanes) is 5. The van der Waals surface area contributed by atoms with Crippen LogP contribution in [0.25, 0.3) is 0 Å². The molecule has 2 N–H and O–H groups in total. The highest BCUT2D eigenvalue weighted by atomic mass is 32.2. The van der Waals surface area contributed by atoms with Gasteiger partial charge in [0.2, 0.25) is 0 Å². The molecule has 5 heteroatoms. The van der Waals surface area contributed by atoms with Gasteiger partial charge in [-0.25, -0.2) is 5.48 Å². The lowest BCUT2D eigenvalue weighted by atomic mass is 10.1. The standard InChI is InChI=1S/C17H27NO2S2/c1-3-4-5-6-7-8-9-16(17(19)18-20)22-15-12-10-14(21-2)11-13-15/h10-13,16,20H,3-9H2,1-2H3,(H,18,19). The predicted molar refractivity (Wildman–Crippen MR) is 95.8 cm³/mol. The van der Waals surface area contributed by atoms with Crippen molar-refractivity contribution in [1.82, 2.24) is 5.48 Å². The van der Waals surface area contributed by atoms with E-state index in [-0.39, 0.29) is 11.2 Å². The van der Waals surface area contributed by atoms with Crippen LogP contribution in [0, 0.1) is 0 Å². The van der Waals surface area contributed by atoms with Gasteiger partial charge in [0.1, 0.15) is 0 Å². The number of hydrogen-bond donors (Lipinski definition) is 2. The van der Waals surface area contributed by atoms with Gasteiger partial charge in [-0.1, -0.05) is 45.4 Å². The van der Waals surface area contributed by atoms with Gasteiger partial charge >= 0.3 is 0 Å². The quantitative estimate of drug-likeness (QED) is 0.254. The van der Waals surface area contributed by atoms with Gasteiger partial charge in [-0.05, 0) is 36.9 Å². The lowest BCUT2D eigenvalue weighted by Crippen LogP contribution is -2.30. The van der Waals surface area contributed by atoms with Crippen LogP contribution in [0.2, 0.25) is 0 Å². The number of carbonyl (C=O) groups excluding carboxylic acids is 1. The normalized spacial score (nSPS) is 12.1. The second-order valence-corrected chi connectivity index (χ2v) is 7.47. The summed E-state index contributed by atoms with van der Waals surface area (Å²) >= 11 is 3.23. The van der Waals surface area contributed by atoms with Crippen LogP contribution in [-0.4, -0.2) is 22.6 Å². The zero-order valence-corrected chi connectivity index (χ0v) is 15.1. The largest absolute Gasteiger partial charge is 0.289 e. The molecule has 0 radical (unpaired) electrons. The maximum Gasteiger partial charge on any atom is 0.256 e. The summed E-state index contributed by atoms with van der Waals surface area (Å²) in [7, 11) is 0. The average molecular weight is 342 g/mol. The Bertz CT molecular complexity index is 423. The van der Waals surface area contributed by atoms with Crippen LogP contribution < -0.4 is 5.48 Å². The minimum Gasteiger partial charge on any atom is -0.289 e. The first kappa shape index (κ1) is 19.4. The van der Waals surface area contributed by atoms with E-state index in [1.807, 2.05) is 18.4 Å². The number of amides is 1. The first-order chi connectivity index (χ1) is 10.7. The molecule has 124 valence electrons. The van der Waals surface area contributed by atoms with E-state index in [9.17, 15) is 4.79 Å². The van der Waals surface area contributed by atoms with Gasteiger partial charge in [-0.3, -0.25) is 10.0 Å². The van der Waals surface area contributed by atoms with E-state index in [1.165, 1.54) is 42.3 Å². The SMILES string of the molecule is CCCCCCCCC(Sc1ccc(SC)cc1)C(=O)NO. The molecule has 0 spiro atoms. The molecule has 0 bridgehead atoms. The number of nitrogens with one attached hydrogen (secondary N) is 1. The number of benzene rings is 1. The molecule has 1 aromatic rings. The van der Waals surface area contributed by atoms with Crippen molar-refractivity contribution in [3.63, 3.8) is 0 Å². The Balaban J connectivity index is 2.44. The molecule has 1 rings (SSSR count). The van der Waals surface area contributed by atoms with Crippen LogP contribution in [0.4, 0.5) is 0 Å². The van der Waals surface area contributed by atoms with Gasteiger partial charge in [0.15, 0.2) is 0 Å². The minimum atomic E-state index is -0.299. The summed E-state index contributed by atoms with van der Waals surface area (Å²) in [5.41, 5.74) is 1.81. The molecule has 1 aromatic carbocycles. The third-order valence-corrected chi connectivity index (χ3v) is 5.58. The first-order valence-electron chi connectivity index (χ1n) is 7.96. The Hall–Kier alpha value is -0.650. The fourth-order valence-corrected chi connectivity index (χ4v) is 3.72. The summed E-state index contributed by atoms with van der Waals surface area (Å²) in [5, 5.41) is 8.70. The van der Waals surface area contributed by atoms with Crippen molar-refractivity contribution in [3.05, 3.63) is 24.3 Å². The zero-order chi connectivity index (χ0) is 16.2. The number of carbonyl (C=O) groups is 1. The molecule has 1 atom stereocenters. The first-order valence-corrected chi connectivity index (χ1v) is 10.1. The second kappa shape index (κ2) is 11.9. The summed E-state index contributed by atoms with van der Waals surface area (Å²) in [6, 6.07) is 8.20. The van der Waals surface area contributed by atoms with E-state index in [0.717, 1.165) is 24.2 Å². The van der Waals surface area contributed by atoms with Gasteiger partial charge in [0.25, 0.3) is 5.91 Å². The molecule has 0 saturated carbocycles. The topological polar surface area (TPSA) is 49.3 Å². The van der Waals surface area contributed by atoms with E-state index in [2.05, 4.69) is 19.1 Å². The van der Waals surface area contributed by atoms with Crippen molar-refractivity contribution in [3.8, 4) is 0 Å². The molecule has 1 amide bonds. The molecule has 0 aliphatic rings. The lowest BCUT2D eigenvalue weighted by Gasteiger charge is -2.14. The monoisotopic (exact) mass is 341 g/mol. The molecular formula is C17H27NO2S2. The lowest BCUT2D eigenvalue weighted by molar-refractivity contribution is -0.128. The number of rotatable bonds is 11. The van der Waals surface area contributed by atoms with Crippen LogP contribution in [0.3, 0.4) is 0 Å². The van der Waals surface area contributed by atoms with Gasteiger partial charge in [0, 0.05) is 9.79 Å². The van der Waals surface area contributed by atoms with Crippen LogP contribution in [-0.2, 0) is 4.79 Å². The van der Waals surface area contributed by atoms with Crippen LogP contribution >= 0.6 is 23.5 Å². The summed E-state index contributed by atoms with van der Waals surface area (Å²) in [6.45, 7) is 2.21. The van der Waals surface area contributed by atoms with E-state index < -0.39 is 0 Å². The maximum atomic E-state index is 11.8. The Labute approximate surface area is 142 Å². The summed E-state index contributed by atoms with van der Waals surface area (Å²) in [5.74, 6) is -0.299. The van der Waals surface area contributed by atoms with Crippen LogP contribution in [0.1, 0.15) is 51.9 Å². The molecule has 0 aromatic heterocycles. The van der Waals surface area contributed by atoms with E-state index in [1.54, 1.807) is 17.2 Å². The van der Waals surface area contributed by atoms with E-state index >= 15 is 0 Å². The van der Waals surface area contributed by atoms with Crippen molar-refractivity contribution >= 4 is 29.4 Å². The van der Waals surface area contributed by atoms with Gasteiger partial charge in [0.05, 0.1) is 5.25 Å². The van der Waals surface area contributed by atoms with Crippen molar-refractivity contribution in [2.75, 3.05) is 6.26 Å². The Morgan fingerprint density at radius 1 is 1.09 bits per heavy atom. The molecule has 0 saturated heterocycles. The highest BCUT2D eigenvalue weighted by Crippen LogP contribution is 2.29. The van der Waals surface area contributed by atoms with Crippen LogP contribution in [0.15, 0.2) is 34.1 Å². The molecule has 0 aliphatic carbocycles. The van der Waals surface area contributed by atoms with Gasteiger partial charge in [-0.15, -0.1) is 23.5 Å². The maximum absolute atomic E-state index is 11.8. The molecular weight excluding hydrogens is 314 g/mol. The number of hydroxylamine groups is 1. The Morgan fingerprint density at radius 3 is 2.27 bits per heavy atom. The molecule has 1 unspecified atom stereocenters. The van der Waals surface area contributed by atoms with Crippen molar-refractivity contribution in [2.45, 2.75) is 66.9 Å². The fraction of sp³-hybridized carbons (Fsp3) is 0.588. The van der Waals surface area contributed by atoms with E-state index in [0.29, 0.717) is 0 Å². The van der Waals surface area contributed by atoms with Gasteiger partial charge < -0.3 is 0 Å². The third-order valence-electron chi connectivity index (χ3n) is 3.56. The average Bonchev–Trinajstić information content (AvgIpc) is 2.56. The van der Waals surface area contributed by atoms with Crippen molar-refractivity contribution < 1.29 is 10.0 Å². The summed E-state index contributed by atoms with van der Waals surface area (Å²) in [4.78, 5) is 14.1. The molecule has 0 heterocycles. The highest BCUT2D eigenvalue weighted by Gasteiger charge is 2.18. The zero-order valence-electron chi connectivity index (χ0n) is 13.5. The number of thioether (sulfide) groups is 2. The predicted octanol–water partition coefficient (Wildman–Crippen LogP) is 5.13. The summed E-state index contributed by atoms with van der Waals surface area (Å²) in [6.07, 6.45) is 10.1.